The summed E-state index contributed by atoms with van der Waals surface area (Å²) in [6.45, 7) is 1.45. The Labute approximate surface area is 179 Å². The van der Waals surface area contributed by atoms with Gasteiger partial charge in [-0.3, -0.25) is 39.9 Å². The van der Waals surface area contributed by atoms with Gasteiger partial charge in [-0.2, -0.15) is 5.10 Å². The SMILES string of the molecule is C/C(CC(=O)Nc1cccc([N+](=O)[O-])c1)=N\NC(=O)Cc1ccc([N+](=O)[O-])cc1[N+](=O)[O-]. The quantitative estimate of drug-likeness (QED) is 0.333. The van der Waals surface area contributed by atoms with E-state index >= 15 is 0 Å². The van der Waals surface area contributed by atoms with Crippen molar-refractivity contribution in [3.05, 3.63) is 78.4 Å². The lowest BCUT2D eigenvalue weighted by molar-refractivity contribution is -0.394. The smallest absolute Gasteiger partial charge is 0.279 e. The Morgan fingerprint density at radius 1 is 0.906 bits per heavy atom. The highest BCUT2D eigenvalue weighted by Gasteiger charge is 2.21. The van der Waals surface area contributed by atoms with Crippen molar-refractivity contribution < 1.29 is 24.4 Å². The van der Waals surface area contributed by atoms with Crippen molar-refractivity contribution in [2.24, 2.45) is 5.10 Å². The number of benzene rings is 2. The number of non-ortho nitro benzene ring substituents is 2. The van der Waals surface area contributed by atoms with E-state index in [2.05, 4.69) is 15.8 Å². The van der Waals surface area contributed by atoms with Crippen molar-refractivity contribution in [3.63, 3.8) is 0 Å². The molecule has 0 aliphatic rings. The normalized spacial score (nSPS) is 10.8. The van der Waals surface area contributed by atoms with Gasteiger partial charge in [0.25, 0.3) is 17.1 Å². The fraction of sp³-hybridized carbons (Fsp3) is 0.167. The monoisotopic (exact) mass is 444 g/mol. The van der Waals surface area contributed by atoms with E-state index in [4.69, 9.17) is 0 Å². The molecule has 0 spiro atoms. The van der Waals surface area contributed by atoms with Crippen molar-refractivity contribution in [2.45, 2.75) is 19.8 Å². The maximum Gasteiger partial charge on any atom is 0.279 e. The van der Waals surface area contributed by atoms with Gasteiger partial charge in [0.2, 0.25) is 11.8 Å². The number of hydrogen-bond acceptors (Lipinski definition) is 9. The Morgan fingerprint density at radius 2 is 1.56 bits per heavy atom. The van der Waals surface area contributed by atoms with E-state index in [0.29, 0.717) is 0 Å². The van der Waals surface area contributed by atoms with Crippen molar-refractivity contribution in [3.8, 4) is 0 Å². The first-order valence-corrected chi connectivity index (χ1v) is 8.85. The summed E-state index contributed by atoms with van der Waals surface area (Å²) in [4.78, 5) is 54.5. The summed E-state index contributed by atoms with van der Waals surface area (Å²) in [6.07, 6.45) is -0.703. The number of hydrazone groups is 1. The predicted octanol–water partition coefficient (Wildman–Crippen LogP) is 2.47. The van der Waals surface area contributed by atoms with Crippen molar-refractivity contribution >= 4 is 40.3 Å². The van der Waals surface area contributed by atoms with E-state index in [-0.39, 0.29) is 29.1 Å². The highest BCUT2D eigenvalue weighted by molar-refractivity contribution is 6.05. The van der Waals surface area contributed by atoms with Crippen LogP contribution in [-0.4, -0.2) is 32.3 Å². The average Bonchev–Trinajstić information content (AvgIpc) is 2.72. The summed E-state index contributed by atoms with van der Waals surface area (Å²) in [6, 6.07) is 8.25. The van der Waals surface area contributed by atoms with E-state index < -0.39 is 44.4 Å². The number of nitrogens with one attached hydrogen (secondary N) is 2. The molecule has 0 aliphatic heterocycles. The molecule has 2 amide bonds. The van der Waals surface area contributed by atoms with Gasteiger partial charge in [0.15, 0.2) is 0 Å². The molecule has 0 atom stereocenters. The molecule has 2 aromatic rings. The molecular weight excluding hydrogens is 428 g/mol. The molecule has 0 fully saturated rings. The lowest BCUT2D eigenvalue weighted by atomic mass is 10.1. The van der Waals surface area contributed by atoms with Crippen LogP contribution in [0.25, 0.3) is 0 Å². The number of nitro benzene ring substituents is 3. The Bertz CT molecular complexity index is 1130. The molecule has 166 valence electrons. The number of anilines is 1. The Kier molecular flexibility index (Phi) is 7.60. The van der Waals surface area contributed by atoms with Crippen molar-refractivity contribution in [2.75, 3.05) is 5.32 Å². The second-order valence-corrected chi connectivity index (χ2v) is 6.42. The number of carbonyl (C=O) groups excluding carboxylic acids is 2. The highest BCUT2D eigenvalue weighted by atomic mass is 16.6. The Balaban J connectivity index is 1.96. The van der Waals surface area contributed by atoms with E-state index in [0.717, 1.165) is 18.2 Å². The fourth-order valence-corrected chi connectivity index (χ4v) is 2.53. The molecule has 0 aliphatic carbocycles. The predicted molar refractivity (Wildman–Crippen MR) is 111 cm³/mol. The molecule has 0 radical (unpaired) electrons. The number of nitro groups is 3. The number of carbonyl (C=O) groups is 2. The fourth-order valence-electron chi connectivity index (χ4n) is 2.53. The molecule has 0 saturated heterocycles. The van der Waals surface area contributed by atoms with Crippen LogP contribution in [0.3, 0.4) is 0 Å². The zero-order valence-corrected chi connectivity index (χ0v) is 16.5. The van der Waals surface area contributed by atoms with E-state index in [9.17, 15) is 39.9 Å². The number of amides is 2. The largest absolute Gasteiger partial charge is 0.326 e. The third-order valence-corrected chi connectivity index (χ3v) is 3.96. The minimum absolute atomic E-state index is 0.0469. The Morgan fingerprint density at radius 3 is 2.19 bits per heavy atom. The minimum atomic E-state index is -0.831. The van der Waals surface area contributed by atoms with Gasteiger partial charge in [0.05, 0.1) is 33.7 Å². The van der Waals surface area contributed by atoms with Gasteiger partial charge in [0.1, 0.15) is 0 Å². The highest BCUT2D eigenvalue weighted by Crippen LogP contribution is 2.25. The van der Waals surface area contributed by atoms with Crippen LogP contribution in [0.15, 0.2) is 47.6 Å². The van der Waals surface area contributed by atoms with Crippen LogP contribution in [-0.2, 0) is 16.0 Å². The first-order valence-electron chi connectivity index (χ1n) is 8.85. The summed E-state index contributed by atoms with van der Waals surface area (Å²) in [5.74, 6) is -1.27. The molecule has 2 aromatic carbocycles. The molecule has 14 heteroatoms. The van der Waals surface area contributed by atoms with Crippen molar-refractivity contribution in [1.29, 1.82) is 0 Å². The van der Waals surface area contributed by atoms with Crippen molar-refractivity contribution in [1.82, 2.24) is 5.43 Å². The molecule has 14 nitrogen and oxygen atoms in total. The van der Waals surface area contributed by atoms with Crippen LogP contribution in [0.4, 0.5) is 22.7 Å². The second-order valence-electron chi connectivity index (χ2n) is 6.42. The number of rotatable bonds is 9. The summed E-state index contributed by atoms with van der Waals surface area (Å²) in [5.41, 5.74) is 1.26. The summed E-state index contributed by atoms with van der Waals surface area (Å²) >= 11 is 0. The van der Waals surface area contributed by atoms with Crippen LogP contribution in [0, 0.1) is 30.3 Å². The van der Waals surface area contributed by atoms with E-state index in [1.165, 1.54) is 31.2 Å². The lowest BCUT2D eigenvalue weighted by Crippen LogP contribution is -2.23. The molecular formula is C18H16N6O8. The topological polar surface area (TPSA) is 200 Å². The number of hydrogen-bond donors (Lipinski definition) is 2. The molecule has 0 saturated carbocycles. The Hall–Kier alpha value is -4.75. The van der Waals surface area contributed by atoms with Crippen LogP contribution in [0.5, 0.6) is 0 Å². The van der Waals surface area contributed by atoms with Crippen LogP contribution in [0.2, 0.25) is 0 Å². The molecule has 0 aromatic heterocycles. The van der Waals surface area contributed by atoms with Gasteiger partial charge in [-0.15, -0.1) is 0 Å². The molecule has 2 N–H and O–H groups in total. The zero-order valence-electron chi connectivity index (χ0n) is 16.5. The van der Waals surface area contributed by atoms with Crippen LogP contribution < -0.4 is 10.7 Å². The minimum Gasteiger partial charge on any atom is -0.326 e. The summed E-state index contributed by atoms with van der Waals surface area (Å²) in [7, 11) is 0. The number of nitrogens with zero attached hydrogens (tertiary/aromatic N) is 4. The first kappa shape index (κ1) is 23.5. The van der Waals surface area contributed by atoms with Gasteiger partial charge in [-0.25, -0.2) is 5.43 Å². The average molecular weight is 444 g/mol. The molecule has 0 unspecified atom stereocenters. The molecule has 32 heavy (non-hydrogen) atoms. The van der Waals surface area contributed by atoms with Gasteiger partial charge in [-0.1, -0.05) is 6.07 Å². The van der Waals surface area contributed by atoms with Crippen LogP contribution in [0.1, 0.15) is 18.9 Å². The summed E-state index contributed by atoms with van der Waals surface area (Å²) in [5, 5.41) is 38.8. The third kappa shape index (κ3) is 6.65. The maximum absolute atomic E-state index is 12.0. The standard InChI is InChI=1S/C18H16N6O8/c1-11(7-17(25)19-13-3-2-4-14(9-13)22(27)28)20-21-18(26)8-12-5-6-15(23(29)30)10-16(12)24(31)32/h2-6,9-10H,7-8H2,1H3,(H,19,25)(H,21,26)/b20-11+. The maximum atomic E-state index is 12.0. The second kappa shape index (κ2) is 10.3. The van der Waals surface area contributed by atoms with E-state index in [1.54, 1.807) is 0 Å². The summed E-state index contributed by atoms with van der Waals surface area (Å²) < 4.78 is 0. The van der Waals surface area contributed by atoms with Gasteiger partial charge >= 0.3 is 0 Å². The van der Waals surface area contributed by atoms with Crippen LogP contribution >= 0.6 is 0 Å². The first-order chi connectivity index (χ1) is 15.1. The molecule has 0 bridgehead atoms. The molecule has 2 rings (SSSR count). The van der Waals surface area contributed by atoms with E-state index in [1.807, 2.05) is 0 Å². The lowest BCUT2D eigenvalue weighted by Gasteiger charge is -2.06. The zero-order chi connectivity index (χ0) is 23.8. The van der Waals surface area contributed by atoms with Gasteiger partial charge < -0.3 is 5.32 Å². The van der Waals surface area contributed by atoms with Gasteiger partial charge in [-0.05, 0) is 19.1 Å². The molecule has 0 heterocycles. The van der Waals surface area contributed by atoms with Gasteiger partial charge in [0, 0.05) is 35.2 Å². The third-order valence-electron chi connectivity index (χ3n) is 3.96.